The molecule has 0 bridgehead atoms. The molecule has 0 aliphatic heterocycles. The second-order valence-electron chi connectivity index (χ2n) is 3.66. The molecule has 1 aromatic rings. The van der Waals surface area contributed by atoms with Crippen LogP contribution in [0, 0.1) is 0 Å². The topological polar surface area (TPSA) is 101 Å². The van der Waals surface area contributed by atoms with E-state index < -0.39 is 11.9 Å². The number of nitrogens with two attached hydrogens (primary N) is 1. The lowest BCUT2D eigenvalue weighted by Crippen LogP contribution is -2.38. The molecule has 0 radical (unpaired) electrons. The summed E-state index contributed by atoms with van der Waals surface area (Å²) in [6.07, 6.45) is 2.31. The number of likely N-dealkylation sites (N-methyl/N-ethyl adjacent to an activating group) is 1. The van der Waals surface area contributed by atoms with Crippen molar-refractivity contribution in [3.05, 3.63) is 28.0 Å². The molecule has 1 rings (SSSR count). The molecule has 0 fully saturated rings. The van der Waals surface area contributed by atoms with Gasteiger partial charge < -0.3 is 15.7 Å². The Hall–Kier alpha value is -2.15. The van der Waals surface area contributed by atoms with Gasteiger partial charge in [0.05, 0.1) is 11.4 Å². The van der Waals surface area contributed by atoms with Crippen LogP contribution in [0.1, 0.15) is 22.2 Å². The molecule has 0 aliphatic rings. The van der Waals surface area contributed by atoms with E-state index in [2.05, 4.69) is 0 Å². The highest BCUT2D eigenvalue weighted by atomic mass is 32.1. The molecule has 0 saturated heterocycles. The third kappa shape index (κ3) is 4.22. The summed E-state index contributed by atoms with van der Waals surface area (Å²) in [4.78, 5) is 35.2. The first-order chi connectivity index (χ1) is 8.95. The average molecular weight is 282 g/mol. The highest BCUT2D eigenvalue weighted by Crippen LogP contribution is 2.20. The van der Waals surface area contributed by atoms with E-state index in [-0.39, 0.29) is 12.5 Å². The fourth-order valence-corrected chi connectivity index (χ4v) is 2.30. The number of carbonyl (C=O) groups is 3. The zero-order valence-corrected chi connectivity index (χ0v) is 11.1. The van der Waals surface area contributed by atoms with Gasteiger partial charge in [0.1, 0.15) is 0 Å². The maximum absolute atomic E-state index is 12.2. The summed E-state index contributed by atoms with van der Waals surface area (Å²) in [6.45, 7) is 1.93. The summed E-state index contributed by atoms with van der Waals surface area (Å²) in [6, 6.07) is 1.65. The summed E-state index contributed by atoms with van der Waals surface area (Å²) in [5, 5.41) is 10.3. The molecule has 0 saturated carbocycles. The summed E-state index contributed by atoms with van der Waals surface area (Å²) in [7, 11) is 0. The van der Waals surface area contributed by atoms with E-state index in [0.29, 0.717) is 17.0 Å². The van der Waals surface area contributed by atoms with Crippen LogP contribution in [0.15, 0.2) is 17.5 Å². The van der Waals surface area contributed by atoms with Gasteiger partial charge in [-0.2, -0.15) is 0 Å². The van der Waals surface area contributed by atoms with Crippen molar-refractivity contribution >= 4 is 35.2 Å². The van der Waals surface area contributed by atoms with Gasteiger partial charge in [0, 0.05) is 12.6 Å². The Morgan fingerprint density at radius 2 is 2.16 bits per heavy atom. The molecule has 102 valence electrons. The first kappa shape index (κ1) is 14.9. The van der Waals surface area contributed by atoms with Crippen LogP contribution in [0.4, 0.5) is 0 Å². The maximum Gasteiger partial charge on any atom is 0.328 e. The van der Waals surface area contributed by atoms with Gasteiger partial charge in [0.15, 0.2) is 0 Å². The minimum absolute atomic E-state index is 0.157. The first-order valence-corrected chi connectivity index (χ1v) is 6.39. The van der Waals surface area contributed by atoms with Crippen molar-refractivity contribution in [3.8, 4) is 0 Å². The van der Waals surface area contributed by atoms with Crippen LogP contribution in [0.3, 0.4) is 0 Å². The zero-order valence-electron chi connectivity index (χ0n) is 10.3. The standard InChI is InChI=1S/C12H14N2O4S/c1-2-14(7-9(13)15)12(18)11-8(5-6-19-11)3-4-10(16)17/h3-6H,2,7H2,1H3,(H2,13,15)(H,16,17)/b4-3+. The Bertz CT molecular complexity index is 522. The van der Waals surface area contributed by atoms with E-state index in [1.54, 1.807) is 18.4 Å². The Balaban J connectivity index is 2.96. The van der Waals surface area contributed by atoms with E-state index in [4.69, 9.17) is 10.8 Å². The summed E-state index contributed by atoms with van der Waals surface area (Å²) >= 11 is 1.19. The summed E-state index contributed by atoms with van der Waals surface area (Å²) in [5.41, 5.74) is 5.59. The Labute approximate surface area is 114 Å². The summed E-state index contributed by atoms with van der Waals surface area (Å²) in [5.74, 6) is -2.01. The van der Waals surface area contributed by atoms with E-state index in [9.17, 15) is 14.4 Å². The van der Waals surface area contributed by atoms with Crippen molar-refractivity contribution in [2.75, 3.05) is 13.1 Å². The van der Waals surface area contributed by atoms with Gasteiger partial charge in [0.2, 0.25) is 5.91 Å². The number of primary amides is 1. The SMILES string of the molecule is CCN(CC(N)=O)C(=O)c1sccc1/C=C/C(=O)O. The molecule has 0 aliphatic carbocycles. The molecule has 2 amide bonds. The smallest absolute Gasteiger partial charge is 0.328 e. The second-order valence-corrected chi connectivity index (χ2v) is 4.58. The lowest BCUT2D eigenvalue weighted by molar-refractivity contribution is -0.131. The molecule has 0 unspecified atom stereocenters. The van der Waals surface area contributed by atoms with Crippen molar-refractivity contribution in [2.45, 2.75) is 6.92 Å². The normalized spacial score (nSPS) is 10.6. The number of thiophene rings is 1. The zero-order chi connectivity index (χ0) is 14.4. The van der Waals surface area contributed by atoms with Crippen LogP contribution >= 0.6 is 11.3 Å². The summed E-state index contributed by atoms with van der Waals surface area (Å²) < 4.78 is 0. The van der Waals surface area contributed by atoms with Gasteiger partial charge in [-0.25, -0.2) is 4.79 Å². The van der Waals surface area contributed by atoms with Crippen LogP contribution in [0.25, 0.3) is 6.08 Å². The van der Waals surface area contributed by atoms with Gasteiger partial charge >= 0.3 is 5.97 Å². The number of carboxylic acid groups (broad SMARTS) is 1. The monoisotopic (exact) mass is 282 g/mol. The molecule has 3 N–H and O–H groups in total. The van der Waals surface area contributed by atoms with Gasteiger partial charge in [-0.1, -0.05) is 0 Å². The van der Waals surface area contributed by atoms with Gasteiger partial charge in [-0.05, 0) is 30.0 Å². The Morgan fingerprint density at radius 3 is 2.68 bits per heavy atom. The van der Waals surface area contributed by atoms with Gasteiger partial charge in [0.25, 0.3) is 5.91 Å². The molecule has 7 heteroatoms. The molecule has 0 atom stereocenters. The number of rotatable bonds is 6. The fraction of sp³-hybridized carbons (Fsp3) is 0.250. The van der Waals surface area contributed by atoms with Crippen LogP contribution in [0.2, 0.25) is 0 Å². The van der Waals surface area contributed by atoms with Crippen molar-refractivity contribution in [3.63, 3.8) is 0 Å². The Morgan fingerprint density at radius 1 is 1.47 bits per heavy atom. The molecular formula is C12H14N2O4S. The predicted molar refractivity (Wildman–Crippen MR) is 71.8 cm³/mol. The van der Waals surface area contributed by atoms with Crippen LogP contribution in [0.5, 0.6) is 0 Å². The Kier molecular flexibility index (Phi) is 5.25. The highest BCUT2D eigenvalue weighted by molar-refractivity contribution is 7.12. The lowest BCUT2D eigenvalue weighted by atomic mass is 10.2. The molecular weight excluding hydrogens is 268 g/mol. The average Bonchev–Trinajstić information content (AvgIpc) is 2.80. The van der Waals surface area contributed by atoms with E-state index in [1.165, 1.54) is 22.3 Å². The van der Waals surface area contributed by atoms with Crippen molar-refractivity contribution in [1.29, 1.82) is 0 Å². The molecule has 19 heavy (non-hydrogen) atoms. The molecule has 6 nitrogen and oxygen atoms in total. The van der Waals surface area contributed by atoms with Crippen molar-refractivity contribution < 1.29 is 19.5 Å². The van der Waals surface area contributed by atoms with Crippen molar-refractivity contribution in [1.82, 2.24) is 4.90 Å². The highest BCUT2D eigenvalue weighted by Gasteiger charge is 2.19. The fourth-order valence-electron chi connectivity index (χ4n) is 1.44. The van der Waals surface area contributed by atoms with E-state index >= 15 is 0 Å². The van der Waals surface area contributed by atoms with Crippen LogP contribution in [-0.4, -0.2) is 40.9 Å². The minimum Gasteiger partial charge on any atom is -0.478 e. The quantitative estimate of drug-likeness (QED) is 0.753. The van der Waals surface area contributed by atoms with E-state index in [0.717, 1.165) is 6.08 Å². The molecule has 1 heterocycles. The predicted octanol–water partition coefficient (Wildman–Crippen LogP) is 0.793. The van der Waals surface area contributed by atoms with Crippen LogP contribution in [-0.2, 0) is 9.59 Å². The van der Waals surface area contributed by atoms with Gasteiger partial charge in [-0.3, -0.25) is 9.59 Å². The number of aliphatic carboxylic acids is 1. The lowest BCUT2D eigenvalue weighted by Gasteiger charge is -2.18. The largest absolute Gasteiger partial charge is 0.478 e. The molecule has 0 aromatic carbocycles. The number of carboxylic acids is 1. The third-order valence-corrected chi connectivity index (χ3v) is 3.23. The number of carbonyl (C=O) groups excluding carboxylic acids is 2. The van der Waals surface area contributed by atoms with Crippen molar-refractivity contribution in [2.24, 2.45) is 5.73 Å². The molecule has 1 aromatic heterocycles. The molecule has 0 spiro atoms. The number of amides is 2. The number of hydrogen-bond acceptors (Lipinski definition) is 4. The number of nitrogens with zero attached hydrogens (tertiary/aromatic N) is 1. The number of hydrogen-bond donors (Lipinski definition) is 2. The van der Waals surface area contributed by atoms with Gasteiger partial charge in [-0.15, -0.1) is 11.3 Å². The van der Waals surface area contributed by atoms with E-state index in [1.807, 2.05) is 0 Å². The minimum atomic E-state index is -1.09. The van der Waals surface area contributed by atoms with Crippen LogP contribution < -0.4 is 5.73 Å². The second kappa shape index (κ2) is 6.69. The first-order valence-electron chi connectivity index (χ1n) is 5.51. The third-order valence-electron chi connectivity index (χ3n) is 2.31. The maximum atomic E-state index is 12.2.